The Balaban J connectivity index is 1.86. The van der Waals surface area contributed by atoms with Crippen molar-refractivity contribution in [3.63, 3.8) is 0 Å². The van der Waals surface area contributed by atoms with Crippen LogP contribution in [0.25, 0.3) is 0 Å². The Bertz CT molecular complexity index is 951. The summed E-state index contributed by atoms with van der Waals surface area (Å²) in [5, 5.41) is 6.59. The SMILES string of the molecule is Cc1noc(C)c1S(=O)(=O)NCC(=O)OCC(=O)Nc1cccc(Cl)c1C. The van der Waals surface area contributed by atoms with E-state index >= 15 is 0 Å². The van der Waals surface area contributed by atoms with E-state index in [4.69, 9.17) is 20.9 Å². The zero-order chi connectivity index (χ0) is 20.2. The van der Waals surface area contributed by atoms with Gasteiger partial charge in [0.25, 0.3) is 5.91 Å². The lowest BCUT2D eigenvalue weighted by Crippen LogP contribution is -2.32. The highest BCUT2D eigenvalue weighted by molar-refractivity contribution is 7.89. The summed E-state index contributed by atoms with van der Waals surface area (Å²) in [4.78, 5) is 23.4. The number of aromatic nitrogens is 1. The molecule has 0 atom stereocenters. The third-order valence-corrected chi connectivity index (χ3v) is 5.60. The summed E-state index contributed by atoms with van der Waals surface area (Å²) in [6.45, 7) is 3.42. The van der Waals surface area contributed by atoms with Crippen LogP contribution in [-0.4, -0.2) is 38.6 Å². The molecule has 0 unspecified atom stereocenters. The maximum absolute atomic E-state index is 12.2. The van der Waals surface area contributed by atoms with Gasteiger partial charge in [-0.25, -0.2) is 8.42 Å². The van der Waals surface area contributed by atoms with E-state index in [2.05, 4.69) is 15.2 Å². The molecule has 0 saturated carbocycles. The number of amides is 1. The highest BCUT2D eigenvalue weighted by atomic mass is 35.5. The zero-order valence-corrected chi connectivity index (χ0v) is 16.4. The molecule has 27 heavy (non-hydrogen) atoms. The number of anilines is 1. The Morgan fingerprint density at radius 3 is 2.59 bits per heavy atom. The standard InChI is InChI=1S/C16H18ClN3O6S/c1-9-12(17)5-4-6-13(9)19-14(21)8-25-15(22)7-18-27(23,24)16-10(2)20-26-11(16)3/h4-6,18H,7-8H2,1-3H3,(H,19,21). The molecule has 1 amide bonds. The monoisotopic (exact) mass is 415 g/mol. The summed E-state index contributed by atoms with van der Waals surface area (Å²) < 4.78 is 36.0. The van der Waals surface area contributed by atoms with E-state index in [0.717, 1.165) is 0 Å². The fraction of sp³-hybridized carbons (Fsp3) is 0.312. The van der Waals surface area contributed by atoms with Crippen molar-refractivity contribution >= 4 is 39.2 Å². The highest BCUT2D eigenvalue weighted by Crippen LogP contribution is 2.22. The molecule has 11 heteroatoms. The van der Waals surface area contributed by atoms with Gasteiger partial charge in [0.05, 0.1) is 0 Å². The first-order valence-electron chi connectivity index (χ1n) is 7.75. The molecular formula is C16H18ClN3O6S. The second kappa shape index (κ2) is 8.51. The maximum Gasteiger partial charge on any atom is 0.321 e. The van der Waals surface area contributed by atoms with Crippen LogP contribution in [0.3, 0.4) is 0 Å². The Hall–Kier alpha value is -2.43. The van der Waals surface area contributed by atoms with Crippen molar-refractivity contribution in [3.8, 4) is 0 Å². The van der Waals surface area contributed by atoms with Gasteiger partial charge >= 0.3 is 5.97 Å². The quantitative estimate of drug-likeness (QED) is 0.659. The van der Waals surface area contributed by atoms with E-state index in [1.807, 2.05) is 0 Å². The minimum atomic E-state index is -3.99. The number of carbonyl (C=O) groups is 2. The molecule has 1 heterocycles. The summed E-state index contributed by atoms with van der Waals surface area (Å²) in [7, 11) is -3.99. The first kappa shape index (κ1) is 20.9. The van der Waals surface area contributed by atoms with Crippen LogP contribution in [-0.2, 0) is 24.3 Å². The fourth-order valence-corrected chi connectivity index (χ4v) is 3.68. The van der Waals surface area contributed by atoms with E-state index < -0.39 is 35.1 Å². The second-order valence-electron chi connectivity index (χ2n) is 5.60. The molecule has 2 N–H and O–H groups in total. The molecule has 146 valence electrons. The average molecular weight is 416 g/mol. The van der Waals surface area contributed by atoms with Crippen LogP contribution in [0.1, 0.15) is 17.0 Å². The Kier molecular flexibility index (Phi) is 6.58. The first-order valence-corrected chi connectivity index (χ1v) is 9.61. The molecule has 0 radical (unpaired) electrons. The van der Waals surface area contributed by atoms with E-state index in [1.54, 1.807) is 25.1 Å². The second-order valence-corrected chi connectivity index (χ2v) is 7.71. The van der Waals surface area contributed by atoms with Crippen molar-refractivity contribution in [2.24, 2.45) is 0 Å². The van der Waals surface area contributed by atoms with Gasteiger partial charge in [0.15, 0.2) is 12.4 Å². The topological polar surface area (TPSA) is 128 Å². The van der Waals surface area contributed by atoms with Crippen LogP contribution < -0.4 is 10.0 Å². The summed E-state index contributed by atoms with van der Waals surface area (Å²) in [5.74, 6) is -1.39. The van der Waals surface area contributed by atoms with Crippen LogP contribution in [0, 0.1) is 20.8 Å². The maximum atomic E-state index is 12.2. The predicted molar refractivity (Wildman–Crippen MR) is 96.9 cm³/mol. The van der Waals surface area contributed by atoms with Gasteiger partial charge in [-0.05, 0) is 38.5 Å². The van der Waals surface area contributed by atoms with Crippen molar-refractivity contribution in [1.29, 1.82) is 0 Å². The number of halogens is 1. The Morgan fingerprint density at radius 1 is 1.26 bits per heavy atom. The van der Waals surface area contributed by atoms with Crippen LogP contribution in [0.5, 0.6) is 0 Å². The Morgan fingerprint density at radius 2 is 1.96 bits per heavy atom. The van der Waals surface area contributed by atoms with E-state index in [-0.39, 0.29) is 16.3 Å². The molecule has 1 aromatic heterocycles. The molecule has 0 aliphatic heterocycles. The predicted octanol–water partition coefficient (Wildman–Crippen LogP) is 1.71. The minimum Gasteiger partial charge on any atom is -0.455 e. The van der Waals surface area contributed by atoms with Crippen LogP contribution in [0.4, 0.5) is 5.69 Å². The third kappa shape index (κ3) is 5.28. The number of esters is 1. The molecule has 0 bridgehead atoms. The molecular weight excluding hydrogens is 398 g/mol. The molecule has 0 spiro atoms. The average Bonchev–Trinajstić information content (AvgIpc) is 2.94. The number of sulfonamides is 1. The first-order chi connectivity index (χ1) is 12.6. The number of hydrogen-bond donors (Lipinski definition) is 2. The minimum absolute atomic E-state index is 0.102. The smallest absolute Gasteiger partial charge is 0.321 e. The number of nitrogens with one attached hydrogen (secondary N) is 2. The van der Waals surface area contributed by atoms with Crippen molar-refractivity contribution in [2.45, 2.75) is 25.7 Å². The Labute approximate surface area is 161 Å². The number of carbonyl (C=O) groups excluding carboxylic acids is 2. The van der Waals surface area contributed by atoms with Crippen molar-refractivity contribution < 1.29 is 27.3 Å². The molecule has 2 aromatic rings. The number of nitrogens with zero attached hydrogens (tertiary/aromatic N) is 1. The van der Waals surface area contributed by atoms with Gasteiger partial charge in [-0.1, -0.05) is 22.8 Å². The fourth-order valence-electron chi connectivity index (χ4n) is 2.21. The van der Waals surface area contributed by atoms with Crippen molar-refractivity contribution in [1.82, 2.24) is 9.88 Å². The molecule has 2 rings (SSSR count). The summed E-state index contributed by atoms with van der Waals surface area (Å²) in [5.41, 5.74) is 1.33. The lowest BCUT2D eigenvalue weighted by atomic mass is 10.2. The lowest BCUT2D eigenvalue weighted by Gasteiger charge is -2.10. The van der Waals surface area contributed by atoms with E-state index in [9.17, 15) is 18.0 Å². The van der Waals surface area contributed by atoms with Crippen LogP contribution in [0.2, 0.25) is 5.02 Å². The summed E-state index contributed by atoms with van der Waals surface area (Å²) >= 11 is 5.96. The van der Waals surface area contributed by atoms with E-state index in [0.29, 0.717) is 16.3 Å². The zero-order valence-electron chi connectivity index (χ0n) is 14.8. The van der Waals surface area contributed by atoms with Gasteiger partial charge in [-0.3, -0.25) is 9.59 Å². The van der Waals surface area contributed by atoms with E-state index in [1.165, 1.54) is 13.8 Å². The van der Waals surface area contributed by atoms with Crippen LogP contribution >= 0.6 is 11.6 Å². The van der Waals surface area contributed by atoms with Gasteiger partial charge < -0.3 is 14.6 Å². The van der Waals surface area contributed by atoms with Gasteiger partial charge in [0.1, 0.15) is 17.1 Å². The number of benzene rings is 1. The van der Waals surface area contributed by atoms with Gasteiger partial charge in [0, 0.05) is 10.7 Å². The molecule has 9 nitrogen and oxygen atoms in total. The van der Waals surface area contributed by atoms with Gasteiger partial charge in [0.2, 0.25) is 10.0 Å². The largest absolute Gasteiger partial charge is 0.455 e. The molecule has 0 aliphatic rings. The molecule has 0 aliphatic carbocycles. The number of rotatable bonds is 7. The summed E-state index contributed by atoms with van der Waals surface area (Å²) in [6, 6.07) is 5.00. The van der Waals surface area contributed by atoms with Crippen molar-refractivity contribution in [3.05, 3.63) is 40.2 Å². The number of aryl methyl sites for hydroxylation is 2. The highest BCUT2D eigenvalue weighted by Gasteiger charge is 2.25. The normalized spacial score (nSPS) is 11.3. The number of ether oxygens (including phenoxy) is 1. The van der Waals surface area contributed by atoms with Crippen LogP contribution in [0.15, 0.2) is 27.6 Å². The number of hydrogen-bond acceptors (Lipinski definition) is 7. The molecule has 0 fully saturated rings. The third-order valence-electron chi connectivity index (χ3n) is 3.55. The van der Waals surface area contributed by atoms with Gasteiger partial charge in [-0.15, -0.1) is 0 Å². The molecule has 0 saturated heterocycles. The van der Waals surface area contributed by atoms with Crippen molar-refractivity contribution in [2.75, 3.05) is 18.5 Å². The summed E-state index contributed by atoms with van der Waals surface area (Å²) in [6.07, 6.45) is 0. The molecule has 1 aromatic carbocycles. The lowest BCUT2D eigenvalue weighted by molar-refractivity contribution is -0.146. The van der Waals surface area contributed by atoms with Gasteiger partial charge in [-0.2, -0.15) is 4.72 Å².